The molecule has 5 nitrogen and oxygen atoms in total. The molecule has 0 amide bonds. The van der Waals surface area contributed by atoms with E-state index < -0.39 is 0 Å². The molecule has 0 bridgehead atoms. The first-order valence-corrected chi connectivity index (χ1v) is 6.73. The molecule has 3 atom stereocenters. The summed E-state index contributed by atoms with van der Waals surface area (Å²) in [7, 11) is 0. The zero-order chi connectivity index (χ0) is 13.1. The summed E-state index contributed by atoms with van der Waals surface area (Å²) in [5, 5.41) is 0. The Labute approximate surface area is 107 Å². The molecule has 0 aromatic heterocycles. The summed E-state index contributed by atoms with van der Waals surface area (Å²) in [6.07, 6.45) is 2.51. The summed E-state index contributed by atoms with van der Waals surface area (Å²) in [6, 6.07) is -0.169. The smallest absolute Gasteiger partial charge is 0.323 e. The second kappa shape index (κ2) is 5.69. The topological polar surface area (TPSA) is 55.8 Å². The summed E-state index contributed by atoms with van der Waals surface area (Å²) in [5.74, 6) is -0.379. The number of carbonyl (C=O) groups is 2. The van der Waals surface area contributed by atoms with E-state index in [1.165, 1.54) is 0 Å². The minimum absolute atomic E-state index is 0.00882. The Morgan fingerprint density at radius 1 is 1.56 bits per heavy atom. The zero-order valence-corrected chi connectivity index (χ0v) is 11.1. The molecule has 0 spiro atoms. The van der Waals surface area contributed by atoms with Crippen LogP contribution in [0.1, 0.15) is 33.1 Å². The molecule has 0 unspecified atom stereocenters. The lowest BCUT2D eigenvalue weighted by atomic mass is 9.96. The van der Waals surface area contributed by atoms with Gasteiger partial charge in [-0.1, -0.05) is 0 Å². The largest absolute Gasteiger partial charge is 0.466 e. The van der Waals surface area contributed by atoms with Crippen LogP contribution < -0.4 is 0 Å². The van der Waals surface area contributed by atoms with E-state index in [2.05, 4.69) is 4.90 Å². The molecule has 2 heterocycles. The molecule has 0 aromatic rings. The first-order chi connectivity index (χ1) is 8.61. The molecule has 0 N–H and O–H groups in total. The molecular weight excluding hydrogens is 234 g/mol. The Hall–Kier alpha value is -1.10. The first-order valence-electron chi connectivity index (χ1n) is 6.73. The normalized spacial score (nSPS) is 33.2. The molecule has 5 heteroatoms. The molecule has 18 heavy (non-hydrogen) atoms. The predicted octanol–water partition coefficient (Wildman–Crippen LogP) is 0.965. The fraction of sp³-hybridized carbons (Fsp3) is 0.846. The standard InChI is InChI=1S/C13H21NO4/c1-3-17-12(15)10-5-4-6-14(8-10)11-7-9(2)18-13(11)16/h9-11H,3-8H2,1-2H3/t9-,10+,11-/m0/s1. The van der Waals surface area contributed by atoms with E-state index >= 15 is 0 Å². The van der Waals surface area contributed by atoms with Gasteiger partial charge in [-0.2, -0.15) is 0 Å². The third-order valence-electron chi connectivity index (χ3n) is 3.66. The van der Waals surface area contributed by atoms with E-state index in [1.807, 2.05) is 13.8 Å². The molecule has 0 aromatic carbocycles. The van der Waals surface area contributed by atoms with Gasteiger partial charge in [0, 0.05) is 13.0 Å². The number of ether oxygens (including phenoxy) is 2. The maximum absolute atomic E-state index is 11.7. The van der Waals surface area contributed by atoms with E-state index in [9.17, 15) is 9.59 Å². The van der Waals surface area contributed by atoms with Gasteiger partial charge >= 0.3 is 11.9 Å². The second-order valence-corrected chi connectivity index (χ2v) is 5.09. The number of hydrogen-bond acceptors (Lipinski definition) is 5. The highest BCUT2D eigenvalue weighted by Gasteiger charge is 2.39. The summed E-state index contributed by atoms with van der Waals surface area (Å²) in [6.45, 7) is 5.62. The summed E-state index contributed by atoms with van der Waals surface area (Å²) in [4.78, 5) is 25.5. The number of likely N-dealkylation sites (tertiary alicyclic amines) is 1. The number of cyclic esters (lactones) is 1. The second-order valence-electron chi connectivity index (χ2n) is 5.09. The van der Waals surface area contributed by atoms with Crippen molar-refractivity contribution in [1.29, 1.82) is 0 Å². The Morgan fingerprint density at radius 3 is 2.94 bits per heavy atom. The molecule has 102 valence electrons. The van der Waals surface area contributed by atoms with Crippen molar-refractivity contribution < 1.29 is 19.1 Å². The van der Waals surface area contributed by atoms with Gasteiger partial charge in [-0.25, -0.2) is 0 Å². The van der Waals surface area contributed by atoms with Gasteiger partial charge in [0.25, 0.3) is 0 Å². The van der Waals surface area contributed by atoms with Crippen molar-refractivity contribution in [2.45, 2.75) is 45.3 Å². The van der Waals surface area contributed by atoms with Crippen LogP contribution in [0.4, 0.5) is 0 Å². The number of piperidine rings is 1. The quantitative estimate of drug-likeness (QED) is 0.703. The van der Waals surface area contributed by atoms with E-state index in [-0.39, 0.29) is 30.0 Å². The van der Waals surface area contributed by atoms with Crippen molar-refractivity contribution in [3.63, 3.8) is 0 Å². The maximum atomic E-state index is 11.7. The van der Waals surface area contributed by atoms with Crippen LogP contribution in [-0.2, 0) is 19.1 Å². The van der Waals surface area contributed by atoms with E-state index in [0.717, 1.165) is 25.8 Å². The third kappa shape index (κ3) is 2.83. The molecule has 0 saturated carbocycles. The number of carbonyl (C=O) groups excluding carboxylic acids is 2. The molecule has 2 rings (SSSR count). The summed E-state index contributed by atoms with van der Waals surface area (Å²) in [5.41, 5.74) is 0. The van der Waals surface area contributed by atoms with Crippen LogP contribution in [0.2, 0.25) is 0 Å². The van der Waals surface area contributed by atoms with Gasteiger partial charge in [-0.05, 0) is 33.2 Å². The Kier molecular flexibility index (Phi) is 4.22. The molecule has 0 radical (unpaired) electrons. The van der Waals surface area contributed by atoms with E-state index in [1.54, 1.807) is 0 Å². The SMILES string of the molecule is CCOC(=O)[C@@H]1CCCN([C@H]2C[C@H](C)OC2=O)C1. The van der Waals surface area contributed by atoms with Crippen LogP contribution in [0.3, 0.4) is 0 Å². The monoisotopic (exact) mass is 255 g/mol. The third-order valence-corrected chi connectivity index (χ3v) is 3.66. The van der Waals surface area contributed by atoms with Crippen LogP contribution in [0.15, 0.2) is 0 Å². The lowest BCUT2D eigenvalue weighted by Gasteiger charge is -2.33. The average molecular weight is 255 g/mol. The van der Waals surface area contributed by atoms with Crippen LogP contribution in [0.25, 0.3) is 0 Å². The van der Waals surface area contributed by atoms with Crippen LogP contribution in [0, 0.1) is 5.92 Å². The van der Waals surface area contributed by atoms with Crippen molar-refractivity contribution in [3.8, 4) is 0 Å². The Morgan fingerprint density at radius 2 is 2.33 bits per heavy atom. The molecule has 2 aliphatic rings. The zero-order valence-electron chi connectivity index (χ0n) is 11.1. The van der Waals surface area contributed by atoms with Crippen molar-refractivity contribution in [3.05, 3.63) is 0 Å². The van der Waals surface area contributed by atoms with Gasteiger partial charge in [0.05, 0.1) is 12.5 Å². The fourth-order valence-corrected chi connectivity index (χ4v) is 2.78. The number of nitrogens with zero attached hydrogens (tertiary/aromatic N) is 1. The van der Waals surface area contributed by atoms with Crippen molar-refractivity contribution in [2.24, 2.45) is 5.92 Å². The van der Waals surface area contributed by atoms with Crippen LogP contribution in [-0.4, -0.2) is 48.7 Å². The highest BCUT2D eigenvalue weighted by Crippen LogP contribution is 2.26. The number of hydrogen-bond donors (Lipinski definition) is 0. The Balaban J connectivity index is 1.94. The van der Waals surface area contributed by atoms with Crippen LogP contribution >= 0.6 is 0 Å². The minimum Gasteiger partial charge on any atom is -0.466 e. The fourth-order valence-electron chi connectivity index (χ4n) is 2.78. The van der Waals surface area contributed by atoms with Gasteiger partial charge in [-0.3, -0.25) is 14.5 Å². The van der Waals surface area contributed by atoms with Crippen LogP contribution in [0.5, 0.6) is 0 Å². The van der Waals surface area contributed by atoms with Gasteiger partial charge in [0.1, 0.15) is 12.1 Å². The van der Waals surface area contributed by atoms with E-state index in [4.69, 9.17) is 9.47 Å². The minimum atomic E-state index is -0.169. The summed E-state index contributed by atoms with van der Waals surface area (Å²) >= 11 is 0. The molecule has 2 saturated heterocycles. The molecule has 2 aliphatic heterocycles. The lowest BCUT2D eigenvalue weighted by Crippen LogP contribution is -2.46. The number of esters is 2. The predicted molar refractivity (Wildman–Crippen MR) is 64.9 cm³/mol. The molecular formula is C13H21NO4. The van der Waals surface area contributed by atoms with Gasteiger partial charge in [0.15, 0.2) is 0 Å². The summed E-state index contributed by atoms with van der Waals surface area (Å²) < 4.78 is 10.2. The molecule has 0 aliphatic carbocycles. The lowest BCUT2D eigenvalue weighted by molar-refractivity contribution is -0.152. The van der Waals surface area contributed by atoms with Gasteiger partial charge in [-0.15, -0.1) is 0 Å². The first kappa shape index (κ1) is 13.3. The average Bonchev–Trinajstić information content (AvgIpc) is 2.69. The van der Waals surface area contributed by atoms with Gasteiger partial charge in [0.2, 0.25) is 0 Å². The highest BCUT2D eigenvalue weighted by atomic mass is 16.6. The molecule has 2 fully saturated rings. The van der Waals surface area contributed by atoms with Gasteiger partial charge < -0.3 is 9.47 Å². The van der Waals surface area contributed by atoms with Crippen molar-refractivity contribution in [2.75, 3.05) is 19.7 Å². The maximum Gasteiger partial charge on any atom is 0.323 e. The van der Waals surface area contributed by atoms with Crippen molar-refractivity contribution >= 4 is 11.9 Å². The van der Waals surface area contributed by atoms with E-state index in [0.29, 0.717) is 13.2 Å². The highest BCUT2D eigenvalue weighted by molar-refractivity contribution is 5.78. The number of rotatable bonds is 3. The van der Waals surface area contributed by atoms with Crippen molar-refractivity contribution in [1.82, 2.24) is 4.90 Å². The Bertz CT molecular complexity index is 331.